The highest BCUT2D eigenvalue weighted by Crippen LogP contribution is 2.09. The van der Waals surface area contributed by atoms with Crippen LogP contribution in [-0.4, -0.2) is 74.2 Å². The number of rotatable bonds is 10. The number of guanidine groups is 1. The van der Waals surface area contributed by atoms with Crippen LogP contribution >= 0.6 is 0 Å². The van der Waals surface area contributed by atoms with E-state index in [-0.39, 0.29) is 0 Å². The Morgan fingerprint density at radius 1 is 1.31 bits per heavy atom. The smallest absolute Gasteiger partial charge is 0.191 e. The van der Waals surface area contributed by atoms with Crippen LogP contribution in [0.25, 0.3) is 5.65 Å². The molecule has 26 heavy (non-hydrogen) atoms. The molecule has 0 aliphatic carbocycles. The van der Waals surface area contributed by atoms with E-state index in [1.807, 2.05) is 12.3 Å². The van der Waals surface area contributed by atoms with Gasteiger partial charge in [-0.1, -0.05) is 6.07 Å². The fraction of sp³-hybridized carbons (Fsp3) is 0.579. The summed E-state index contributed by atoms with van der Waals surface area (Å²) in [6, 6.07) is 4.13. The summed E-state index contributed by atoms with van der Waals surface area (Å²) in [4.78, 5) is 11.3. The predicted molar refractivity (Wildman–Crippen MR) is 107 cm³/mol. The minimum atomic E-state index is 0.798. The number of likely N-dealkylation sites (N-methyl/N-ethyl adjacent to an activating group) is 1. The van der Waals surface area contributed by atoms with Crippen LogP contribution in [-0.2, 0) is 11.2 Å². The lowest BCUT2D eigenvalue weighted by atomic mass is 10.3. The maximum absolute atomic E-state index is 5.08. The highest BCUT2D eigenvalue weighted by molar-refractivity contribution is 5.79. The topological polar surface area (TPSA) is 66.2 Å². The van der Waals surface area contributed by atoms with Gasteiger partial charge in [-0.25, -0.2) is 4.98 Å². The van der Waals surface area contributed by atoms with Crippen molar-refractivity contribution in [2.75, 3.05) is 54.0 Å². The van der Waals surface area contributed by atoms with Crippen LogP contribution in [0.4, 0.5) is 0 Å². The third-order valence-corrected chi connectivity index (χ3v) is 4.30. The van der Waals surface area contributed by atoms with Gasteiger partial charge in [-0.2, -0.15) is 0 Å². The van der Waals surface area contributed by atoms with E-state index in [1.165, 1.54) is 5.56 Å². The first-order valence-corrected chi connectivity index (χ1v) is 9.19. The van der Waals surface area contributed by atoms with E-state index in [9.17, 15) is 0 Å². The fourth-order valence-electron chi connectivity index (χ4n) is 2.81. The Labute approximate surface area is 156 Å². The molecule has 2 heterocycles. The minimum absolute atomic E-state index is 0.798. The molecule has 0 amide bonds. The normalized spacial score (nSPS) is 12.1. The molecule has 0 saturated heterocycles. The summed E-state index contributed by atoms with van der Waals surface area (Å²) in [5.74, 6) is 0.829. The number of imidazole rings is 1. The monoisotopic (exact) mass is 360 g/mol. The van der Waals surface area contributed by atoms with E-state index >= 15 is 0 Å². The van der Waals surface area contributed by atoms with E-state index in [1.54, 1.807) is 14.2 Å². The molecule has 0 unspecified atom stereocenters. The fourth-order valence-corrected chi connectivity index (χ4v) is 2.81. The lowest BCUT2D eigenvalue weighted by Gasteiger charge is -2.18. The quantitative estimate of drug-likeness (QED) is 0.380. The Bertz CT molecular complexity index is 696. The first kappa shape index (κ1) is 20.2. The summed E-state index contributed by atoms with van der Waals surface area (Å²) in [7, 11) is 5.66. The van der Waals surface area contributed by atoms with Crippen LogP contribution < -0.4 is 10.6 Å². The number of fused-ring (bicyclic) bond motifs is 1. The standard InChI is InChI=1S/C19H32N6O/c1-16-7-5-12-25-15-17(23-18(16)25)8-9-21-19(20-2)22-10-13-24(3)11-6-14-26-4/h5,7,12,15H,6,8-11,13-14H2,1-4H3,(H2,20,21,22). The van der Waals surface area contributed by atoms with Crippen LogP contribution in [0.3, 0.4) is 0 Å². The summed E-state index contributed by atoms with van der Waals surface area (Å²) in [5, 5.41) is 6.71. The van der Waals surface area contributed by atoms with Gasteiger partial charge in [-0.15, -0.1) is 0 Å². The summed E-state index contributed by atoms with van der Waals surface area (Å²) in [5.41, 5.74) is 3.31. The van der Waals surface area contributed by atoms with Crippen LogP contribution in [0.1, 0.15) is 17.7 Å². The summed E-state index contributed by atoms with van der Waals surface area (Å²) in [6.45, 7) is 6.56. The average molecular weight is 361 g/mol. The van der Waals surface area contributed by atoms with E-state index in [0.29, 0.717) is 0 Å². The van der Waals surface area contributed by atoms with Gasteiger partial charge in [0, 0.05) is 65.8 Å². The molecule has 0 atom stereocenters. The number of hydrogen-bond donors (Lipinski definition) is 2. The van der Waals surface area contributed by atoms with Crippen molar-refractivity contribution in [2.24, 2.45) is 4.99 Å². The Kier molecular flexibility index (Phi) is 8.37. The lowest BCUT2D eigenvalue weighted by molar-refractivity contribution is 0.180. The van der Waals surface area contributed by atoms with Crippen LogP contribution in [0.5, 0.6) is 0 Å². The molecule has 2 aromatic rings. The number of ether oxygens (including phenoxy) is 1. The first-order valence-electron chi connectivity index (χ1n) is 9.19. The van der Waals surface area contributed by atoms with E-state index in [4.69, 9.17) is 9.72 Å². The van der Waals surface area contributed by atoms with Crippen molar-refractivity contribution in [1.29, 1.82) is 0 Å². The third-order valence-electron chi connectivity index (χ3n) is 4.30. The van der Waals surface area contributed by atoms with Gasteiger partial charge >= 0.3 is 0 Å². The zero-order valence-corrected chi connectivity index (χ0v) is 16.5. The zero-order valence-electron chi connectivity index (χ0n) is 16.5. The van der Waals surface area contributed by atoms with Crippen molar-refractivity contribution in [3.8, 4) is 0 Å². The number of methoxy groups -OCH3 is 1. The average Bonchev–Trinajstić information content (AvgIpc) is 3.05. The van der Waals surface area contributed by atoms with Crippen molar-refractivity contribution in [2.45, 2.75) is 19.8 Å². The maximum Gasteiger partial charge on any atom is 0.191 e. The second-order valence-corrected chi connectivity index (χ2v) is 6.48. The summed E-state index contributed by atoms with van der Waals surface area (Å²) >= 11 is 0. The number of pyridine rings is 1. The zero-order chi connectivity index (χ0) is 18.8. The molecule has 0 fully saturated rings. The summed E-state index contributed by atoms with van der Waals surface area (Å²) < 4.78 is 7.16. The first-order chi connectivity index (χ1) is 12.6. The third kappa shape index (κ3) is 6.31. The molecule has 7 heteroatoms. The van der Waals surface area contributed by atoms with Crippen LogP contribution in [0.2, 0.25) is 0 Å². The molecule has 0 bridgehead atoms. The molecule has 2 N–H and O–H groups in total. The molecule has 0 radical (unpaired) electrons. The Morgan fingerprint density at radius 3 is 2.85 bits per heavy atom. The number of aliphatic imine (C=N–C) groups is 1. The number of hydrogen-bond acceptors (Lipinski definition) is 4. The van der Waals surface area contributed by atoms with E-state index < -0.39 is 0 Å². The van der Waals surface area contributed by atoms with E-state index in [0.717, 1.165) is 62.9 Å². The maximum atomic E-state index is 5.08. The molecular weight excluding hydrogens is 328 g/mol. The highest BCUT2D eigenvalue weighted by atomic mass is 16.5. The molecule has 7 nitrogen and oxygen atoms in total. The second kappa shape index (κ2) is 10.8. The van der Waals surface area contributed by atoms with Crippen molar-refractivity contribution in [1.82, 2.24) is 24.9 Å². The van der Waals surface area contributed by atoms with E-state index in [2.05, 4.69) is 51.2 Å². The Hall–Kier alpha value is -2.12. The van der Waals surface area contributed by atoms with Crippen molar-refractivity contribution >= 4 is 11.6 Å². The Balaban J connectivity index is 1.69. The number of aryl methyl sites for hydroxylation is 1. The lowest BCUT2D eigenvalue weighted by Crippen LogP contribution is -2.41. The van der Waals surface area contributed by atoms with Gasteiger partial charge in [0.05, 0.1) is 5.69 Å². The van der Waals surface area contributed by atoms with Gasteiger partial charge in [-0.3, -0.25) is 4.99 Å². The van der Waals surface area contributed by atoms with Gasteiger partial charge in [0.2, 0.25) is 0 Å². The minimum Gasteiger partial charge on any atom is -0.385 e. The number of aromatic nitrogens is 2. The van der Waals surface area contributed by atoms with Crippen LogP contribution in [0, 0.1) is 6.92 Å². The highest BCUT2D eigenvalue weighted by Gasteiger charge is 2.04. The summed E-state index contributed by atoms with van der Waals surface area (Å²) in [6.07, 6.45) is 6.04. The molecule has 0 spiro atoms. The largest absolute Gasteiger partial charge is 0.385 e. The Morgan fingerprint density at radius 2 is 2.12 bits per heavy atom. The molecule has 0 aliphatic rings. The second-order valence-electron chi connectivity index (χ2n) is 6.48. The molecule has 0 aromatic carbocycles. The molecule has 0 aliphatic heterocycles. The molecule has 2 rings (SSSR count). The number of nitrogens with one attached hydrogen (secondary N) is 2. The van der Waals surface area contributed by atoms with Gasteiger partial charge in [0.15, 0.2) is 5.96 Å². The van der Waals surface area contributed by atoms with Crippen molar-refractivity contribution in [3.63, 3.8) is 0 Å². The van der Waals surface area contributed by atoms with Gasteiger partial charge in [-0.05, 0) is 32.0 Å². The van der Waals surface area contributed by atoms with Crippen LogP contribution in [0.15, 0.2) is 29.5 Å². The number of nitrogens with zero attached hydrogens (tertiary/aromatic N) is 4. The van der Waals surface area contributed by atoms with Crippen molar-refractivity contribution in [3.05, 3.63) is 35.8 Å². The molecule has 0 saturated carbocycles. The van der Waals surface area contributed by atoms with Gasteiger partial charge < -0.3 is 24.7 Å². The SMILES string of the molecule is CN=C(NCCc1cn2cccc(C)c2n1)NCCN(C)CCCOC. The molecule has 2 aromatic heterocycles. The van der Waals surface area contributed by atoms with Crippen molar-refractivity contribution < 1.29 is 4.74 Å². The van der Waals surface area contributed by atoms with Gasteiger partial charge in [0.1, 0.15) is 5.65 Å². The molecular formula is C19H32N6O. The predicted octanol–water partition coefficient (Wildman–Crippen LogP) is 1.32. The molecule has 144 valence electrons. The van der Waals surface area contributed by atoms with Gasteiger partial charge in [0.25, 0.3) is 0 Å².